The lowest BCUT2D eigenvalue weighted by molar-refractivity contribution is 0.0696. The van der Waals surface area contributed by atoms with Gasteiger partial charge in [0.1, 0.15) is 0 Å². The lowest BCUT2D eigenvalue weighted by Crippen LogP contribution is -2.16. The van der Waals surface area contributed by atoms with E-state index in [-0.39, 0.29) is 10.5 Å². The first kappa shape index (κ1) is 20.3. The van der Waals surface area contributed by atoms with E-state index in [4.69, 9.17) is 5.14 Å². The Balaban J connectivity index is 2.46. The number of benzene rings is 2. The number of nitrogens with two attached hydrogens (primary N) is 1. The van der Waals surface area contributed by atoms with Gasteiger partial charge in [0, 0.05) is 6.54 Å². The van der Waals surface area contributed by atoms with E-state index in [0.717, 1.165) is 24.5 Å². The molecule has 0 aliphatic rings. The molecule has 0 aliphatic heterocycles. The average molecular weight is 395 g/mol. The average Bonchev–Trinajstić information content (AvgIpc) is 2.60. The van der Waals surface area contributed by atoms with Crippen molar-refractivity contribution in [3.63, 3.8) is 0 Å². The summed E-state index contributed by atoms with van der Waals surface area (Å²) in [6, 6.07) is 12.1. The highest BCUT2D eigenvalue weighted by Gasteiger charge is 2.21. The van der Waals surface area contributed by atoms with Crippen molar-refractivity contribution < 1.29 is 18.3 Å². The Labute approximate surface area is 157 Å². The Morgan fingerprint density at radius 3 is 2.50 bits per heavy atom. The summed E-state index contributed by atoms with van der Waals surface area (Å²) >= 11 is 1.37. The molecule has 2 rings (SSSR count). The monoisotopic (exact) mass is 394 g/mol. The zero-order chi connectivity index (χ0) is 19.2. The highest BCUT2D eigenvalue weighted by molar-refractivity contribution is 8.00. The van der Waals surface area contributed by atoms with Crippen LogP contribution < -0.4 is 10.5 Å². The van der Waals surface area contributed by atoms with Gasteiger partial charge in [-0.05, 0) is 29.9 Å². The van der Waals surface area contributed by atoms with E-state index >= 15 is 0 Å². The van der Waals surface area contributed by atoms with Crippen molar-refractivity contribution in [2.45, 2.75) is 36.1 Å². The van der Waals surface area contributed by atoms with Crippen molar-refractivity contribution in [3.05, 3.63) is 53.6 Å². The van der Waals surface area contributed by atoms with E-state index in [0.29, 0.717) is 22.9 Å². The van der Waals surface area contributed by atoms with Crippen molar-refractivity contribution in [2.75, 3.05) is 11.1 Å². The van der Waals surface area contributed by atoms with Gasteiger partial charge >= 0.3 is 5.97 Å². The number of primary sulfonamides is 1. The second-order valence-corrected chi connectivity index (χ2v) is 8.38. The molecule has 0 unspecified atom stereocenters. The van der Waals surface area contributed by atoms with Gasteiger partial charge in [-0.3, -0.25) is 0 Å². The largest absolute Gasteiger partial charge is 0.478 e. The molecule has 0 aromatic heterocycles. The summed E-state index contributed by atoms with van der Waals surface area (Å²) < 4.78 is 24.1. The summed E-state index contributed by atoms with van der Waals surface area (Å²) in [6.07, 6.45) is 1.88. The molecule has 0 heterocycles. The van der Waals surface area contributed by atoms with Gasteiger partial charge in [0.25, 0.3) is 0 Å². The van der Waals surface area contributed by atoms with Gasteiger partial charge in [-0.2, -0.15) is 0 Å². The van der Waals surface area contributed by atoms with Crippen LogP contribution in [0.4, 0.5) is 5.69 Å². The van der Waals surface area contributed by atoms with Gasteiger partial charge in [0.05, 0.1) is 21.0 Å². The standard InChI is InChI=1S/C18H22N2O4S2/c1-2-3-9-25-17-15(20-12-13-7-5-4-6-8-13)10-14(18(21)22)11-16(17)26(19,23)24/h4-8,10-11,20H,2-3,9,12H2,1H3,(H,21,22)(H2,19,23,24). The number of carboxylic acids is 1. The smallest absolute Gasteiger partial charge is 0.335 e. The maximum Gasteiger partial charge on any atom is 0.335 e. The van der Waals surface area contributed by atoms with Crippen LogP contribution >= 0.6 is 11.8 Å². The zero-order valence-corrected chi connectivity index (χ0v) is 16.1. The topological polar surface area (TPSA) is 109 Å². The van der Waals surface area contributed by atoms with Crippen molar-refractivity contribution in [1.29, 1.82) is 0 Å². The van der Waals surface area contributed by atoms with E-state index in [1.165, 1.54) is 17.8 Å². The molecule has 0 spiro atoms. The number of thioether (sulfide) groups is 1. The predicted octanol–water partition coefficient (Wildman–Crippen LogP) is 3.54. The quantitative estimate of drug-likeness (QED) is 0.443. The summed E-state index contributed by atoms with van der Waals surface area (Å²) in [5.41, 5.74) is 1.33. The van der Waals surface area contributed by atoms with Crippen LogP contribution in [0.2, 0.25) is 0 Å². The van der Waals surface area contributed by atoms with Crippen LogP contribution in [0.25, 0.3) is 0 Å². The fourth-order valence-corrected chi connectivity index (χ4v) is 4.64. The van der Waals surface area contributed by atoms with E-state index in [1.807, 2.05) is 37.3 Å². The van der Waals surface area contributed by atoms with E-state index in [9.17, 15) is 18.3 Å². The number of hydrogen-bond donors (Lipinski definition) is 3. The molecule has 0 radical (unpaired) electrons. The van der Waals surface area contributed by atoms with Crippen LogP contribution in [-0.4, -0.2) is 25.2 Å². The normalized spacial score (nSPS) is 11.3. The number of nitrogens with one attached hydrogen (secondary N) is 1. The summed E-state index contributed by atoms with van der Waals surface area (Å²) in [6.45, 7) is 2.48. The number of sulfonamides is 1. The van der Waals surface area contributed by atoms with Crippen molar-refractivity contribution in [2.24, 2.45) is 5.14 Å². The van der Waals surface area contributed by atoms with Gasteiger partial charge in [-0.25, -0.2) is 18.4 Å². The molecule has 0 atom stereocenters. The van der Waals surface area contributed by atoms with Gasteiger partial charge in [-0.1, -0.05) is 43.7 Å². The van der Waals surface area contributed by atoms with Crippen molar-refractivity contribution in [3.8, 4) is 0 Å². The first-order valence-electron chi connectivity index (χ1n) is 8.17. The highest BCUT2D eigenvalue weighted by atomic mass is 32.2. The Hall–Kier alpha value is -2.03. The Bertz CT molecular complexity index is 868. The fourth-order valence-electron chi connectivity index (χ4n) is 2.33. The number of hydrogen-bond acceptors (Lipinski definition) is 5. The molecule has 2 aromatic carbocycles. The number of carbonyl (C=O) groups is 1. The SMILES string of the molecule is CCCCSc1c(NCc2ccccc2)cc(C(=O)O)cc1S(N)(=O)=O. The molecule has 2 aromatic rings. The summed E-state index contributed by atoms with van der Waals surface area (Å²) in [7, 11) is -4.06. The third kappa shape index (κ3) is 5.48. The number of aromatic carboxylic acids is 1. The lowest BCUT2D eigenvalue weighted by atomic mass is 10.2. The molecule has 0 bridgehead atoms. The summed E-state index contributed by atoms with van der Waals surface area (Å²) in [4.78, 5) is 11.7. The number of carboxylic acid groups (broad SMARTS) is 1. The van der Waals surface area contributed by atoms with E-state index in [1.54, 1.807) is 0 Å². The molecule has 8 heteroatoms. The first-order chi connectivity index (χ1) is 12.3. The van der Waals surface area contributed by atoms with Gasteiger partial charge in [-0.15, -0.1) is 11.8 Å². The molecule has 26 heavy (non-hydrogen) atoms. The zero-order valence-electron chi connectivity index (χ0n) is 14.4. The van der Waals surface area contributed by atoms with Crippen LogP contribution in [0, 0.1) is 0 Å². The predicted molar refractivity (Wildman–Crippen MR) is 104 cm³/mol. The molecule has 0 amide bonds. The van der Waals surface area contributed by atoms with Crippen LogP contribution in [0.5, 0.6) is 0 Å². The molecule has 140 valence electrons. The molecule has 4 N–H and O–H groups in total. The number of anilines is 1. The third-order valence-corrected chi connectivity index (χ3v) is 5.96. The van der Waals surface area contributed by atoms with Crippen molar-refractivity contribution in [1.82, 2.24) is 0 Å². The minimum atomic E-state index is -4.06. The number of rotatable bonds is 9. The second-order valence-electron chi connectivity index (χ2n) is 5.74. The van der Waals surface area contributed by atoms with Gasteiger partial charge in [0.15, 0.2) is 0 Å². The minimum absolute atomic E-state index is 0.121. The molecule has 6 nitrogen and oxygen atoms in total. The number of unbranched alkanes of at least 4 members (excludes halogenated alkanes) is 1. The van der Waals surface area contributed by atoms with Crippen LogP contribution in [0.3, 0.4) is 0 Å². The van der Waals surface area contributed by atoms with E-state index < -0.39 is 16.0 Å². The van der Waals surface area contributed by atoms with E-state index in [2.05, 4.69) is 5.32 Å². The summed E-state index contributed by atoms with van der Waals surface area (Å²) in [5.74, 6) is -0.492. The molecule has 0 fully saturated rings. The maximum atomic E-state index is 12.0. The maximum absolute atomic E-state index is 12.0. The fraction of sp³-hybridized carbons (Fsp3) is 0.278. The van der Waals surface area contributed by atoms with Crippen LogP contribution in [-0.2, 0) is 16.6 Å². The van der Waals surface area contributed by atoms with Gasteiger partial charge in [0.2, 0.25) is 10.0 Å². The van der Waals surface area contributed by atoms with Gasteiger partial charge < -0.3 is 10.4 Å². The summed E-state index contributed by atoms with van der Waals surface area (Å²) in [5, 5.41) is 17.8. The molecular formula is C18H22N2O4S2. The lowest BCUT2D eigenvalue weighted by Gasteiger charge is -2.16. The molecule has 0 saturated heterocycles. The Morgan fingerprint density at radius 1 is 1.23 bits per heavy atom. The van der Waals surface area contributed by atoms with Crippen LogP contribution in [0.1, 0.15) is 35.7 Å². The third-order valence-electron chi connectivity index (χ3n) is 3.68. The minimum Gasteiger partial charge on any atom is -0.478 e. The highest BCUT2D eigenvalue weighted by Crippen LogP contribution is 2.35. The first-order valence-corrected chi connectivity index (χ1v) is 10.7. The van der Waals surface area contributed by atoms with Crippen molar-refractivity contribution >= 4 is 33.4 Å². The molecule has 0 saturated carbocycles. The molecular weight excluding hydrogens is 372 g/mol. The molecule has 0 aliphatic carbocycles. The Morgan fingerprint density at radius 2 is 1.92 bits per heavy atom. The van der Waals surface area contributed by atoms with Crippen LogP contribution in [0.15, 0.2) is 52.3 Å². The Kier molecular flexibility index (Phi) is 7.07. The second kappa shape index (κ2) is 9.07.